The van der Waals surface area contributed by atoms with E-state index < -0.39 is 16.1 Å². The average Bonchev–Trinajstić information content (AvgIpc) is 3.21. The number of ether oxygens (including phenoxy) is 1. The van der Waals surface area contributed by atoms with Gasteiger partial charge in [-0.2, -0.15) is 0 Å². The van der Waals surface area contributed by atoms with Gasteiger partial charge in [0.05, 0.1) is 10.6 Å². The van der Waals surface area contributed by atoms with Gasteiger partial charge in [0, 0.05) is 12.2 Å². The number of carbonyl (C=O) groups is 1. The Bertz CT molecular complexity index is 1250. The van der Waals surface area contributed by atoms with E-state index in [9.17, 15) is 13.2 Å². The summed E-state index contributed by atoms with van der Waals surface area (Å²) in [5, 5.41) is 2.79. The van der Waals surface area contributed by atoms with Crippen LogP contribution in [0.2, 0.25) is 0 Å². The van der Waals surface area contributed by atoms with E-state index in [1.807, 2.05) is 56.3 Å². The second-order valence-electron chi connectivity index (χ2n) is 8.00. The molecule has 0 spiro atoms. The summed E-state index contributed by atoms with van der Waals surface area (Å²) in [6.07, 6.45) is -0.0120. The summed E-state index contributed by atoms with van der Waals surface area (Å²) in [5.41, 5.74) is 4.26. The Hall–Kier alpha value is -3.32. The van der Waals surface area contributed by atoms with Crippen molar-refractivity contribution in [3.05, 3.63) is 83.4 Å². The zero-order chi connectivity index (χ0) is 22.9. The number of para-hydroxylation sites is 1. The minimum absolute atomic E-state index is 0.187. The molecular weight excluding hydrogens is 424 g/mol. The number of nitrogens with one attached hydrogen (secondary N) is 1. The molecule has 4 rings (SSSR count). The number of sulfonamides is 1. The summed E-state index contributed by atoms with van der Waals surface area (Å²) in [4.78, 5) is 12.8. The van der Waals surface area contributed by atoms with Gasteiger partial charge in [-0.25, -0.2) is 8.42 Å². The summed E-state index contributed by atoms with van der Waals surface area (Å²) in [7, 11) is -3.67. The first-order valence-corrected chi connectivity index (χ1v) is 12.0. The normalized spacial score (nSPS) is 14.0. The van der Waals surface area contributed by atoms with Crippen LogP contribution in [0.1, 0.15) is 23.6 Å². The van der Waals surface area contributed by atoms with Crippen molar-refractivity contribution in [2.24, 2.45) is 0 Å². The highest BCUT2D eigenvalue weighted by Crippen LogP contribution is 2.33. The van der Waals surface area contributed by atoms with Gasteiger partial charge < -0.3 is 10.1 Å². The van der Waals surface area contributed by atoms with E-state index in [-0.39, 0.29) is 10.8 Å². The molecule has 0 aliphatic carbocycles. The van der Waals surface area contributed by atoms with Gasteiger partial charge in [-0.05, 0) is 80.3 Å². The third kappa shape index (κ3) is 4.34. The molecule has 1 N–H and O–H groups in total. The lowest BCUT2D eigenvalue weighted by Gasteiger charge is -2.20. The van der Waals surface area contributed by atoms with Crippen LogP contribution < -0.4 is 14.4 Å². The minimum Gasteiger partial charge on any atom is -0.481 e. The largest absolute Gasteiger partial charge is 0.481 e. The summed E-state index contributed by atoms with van der Waals surface area (Å²) < 4.78 is 33.5. The third-order valence-corrected chi connectivity index (χ3v) is 7.40. The van der Waals surface area contributed by atoms with Crippen molar-refractivity contribution < 1.29 is 17.9 Å². The lowest BCUT2D eigenvalue weighted by molar-refractivity contribution is -0.122. The third-order valence-electron chi connectivity index (χ3n) is 5.57. The smallest absolute Gasteiger partial charge is 0.265 e. The number of carbonyl (C=O) groups excluding carboxylic acids is 1. The number of rotatable bonds is 6. The first-order valence-electron chi connectivity index (χ1n) is 10.5. The van der Waals surface area contributed by atoms with Gasteiger partial charge in [-0.1, -0.05) is 30.3 Å². The quantitative estimate of drug-likeness (QED) is 0.602. The first kappa shape index (κ1) is 21.9. The number of hydrogen-bond acceptors (Lipinski definition) is 4. The SMILES string of the molecule is Cc1ccc(C)c(OC(C)C(=O)Nc2ccc(S(=O)(=O)N3CCc4ccccc43)cc2)c1. The van der Waals surface area contributed by atoms with Crippen LogP contribution in [-0.4, -0.2) is 27.0 Å². The maximum absolute atomic E-state index is 13.1. The Morgan fingerprint density at radius 2 is 1.75 bits per heavy atom. The maximum Gasteiger partial charge on any atom is 0.265 e. The Kier molecular flexibility index (Phi) is 5.93. The fourth-order valence-corrected chi connectivity index (χ4v) is 5.22. The Morgan fingerprint density at radius 1 is 1.03 bits per heavy atom. The minimum atomic E-state index is -3.67. The molecule has 0 saturated carbocycles. The number of fused-ring (bicyclic) bond motifs is 1. The molecule has 1 atom stereocenters. The molecule has 32 heavy (non-hydrogen) atoms. The Morgan fingerprint density at radius 3 is 2.50 bits per heavy atom. The molecule has 0 aromatic heterocycles. The highest BCUT2D eigenvalue weighted by Gasteiger charge is 2.30. The Balaban J connectivity index is 1.44. The molecule has 6 nitrogen and oxygen atoms in total. The molecule has 0 radical (unpaired) electrons. The van der Waals surface area contributed by atoms with Crippen molar-refractivity contribution in [3.8, 4) is 5.75 Å². The molecule has 0 bridgehead atoms. The van der Waals surface area contributed by atoms with Crippen molar-refractivity contribution in [1.82, 2.24) is 0 Å². The van der Waals surface area contributed by atoms with Crippen LogP contribution >= 0.6 is 0 Å². The van der Waals surface area contributed by atoms with E-state index in [1.54, 1.807) is 19.1 Å². The number of benzene rings is 3. The van der Waals surface area contributed by atoms with E-state index in [2.05, 4.69) is 5.32 Å². The van der Waals surface area contributed by atoms with Crippen molar-refractivity contribution in [3.63, 3.8) is 0 Å². The van der Waals surface area contributed by atoms with Crippen LogP contribution in [-0.2, 0) is 21.2 Å². The van der Waals surface area contributed by atoms with Crippen molar-refractivity contribution in [1.29, 1.82) is 0 Å². The molecule has 0 saturated heterocycles. The highest BCUT2D eigenvalue weighted by atomic mass is 32.2. The number of nitrogens with zero attached hydrogens (tertiary/aromatic N) is 1. The summed E-state index contributed by atoms with van der Waals surface area (Å²) in [5.74, 6) is 0.356. The van der Waals surface area contributed by atoms with E-state index in [0.717, 1.165) is 22.4 Å². The van der Waals surface area contributed by atoms with Crippen LogP contribution in [0.4, 0.5) is 11.4 Å². The standard InChI is InChI=1S/C25H26N2O4S/c1-17-8-9-18(2)24(16-17)31-19(3)25(28)26-21-10-12-22(13-11-21)32(29,30)27-15-14-20-6-4-5-7-23(20)27/h4-13,16,19H,14-15H2,1-3H3,(H,26,28). The van der Waals surface area contributed by atoms with Crippen LogP contribution in [0.25, 0.3) is 0 Å². The van der Waals surface area contributed by atoms with E-state index in [1.165, 1.54) is 16.4 Å². The molecule has 1 aliphatic rings. The van der Waals surface area contributed by atoms with Gasteiger partial charge >= 0.3 is 0 Å². The number of amides is 1. The topological polar surface area (TPSA) is 75.7 Å². The summed E-state index contributed by atoms with van der Waals surface area (Å²) in [6.45, 7) is 6.00. The predicted molar refractivity (Wildman–Crippen MR) is 126 cm³/mol. The molecule has 1 aliphatic heterocycles. The van der Waals surface area contributed by atoms with Crippen LogP contribution in [0.5, 0.6) is 5.75 Å². The fraction of sp³-hybridized carbons (Fsp3) is 0.240. The Labute approximate surface area is 188 Å². The molecule has 1 amide bonds. The molecule has 1 heterocycles. The zero-order valence-corrected chi connectivity index (χ0v) is 19.1. The fourth-order valence-electron chi connectivity index (χ4n) is 3.72. The van der Waals surface area contributed by atoms with E-state index in [4.69, 9.17) is 4.74 Å². The first-order chi connectivity index (χ1) is 15.3. The monoisotopic (exact) mass is 450 g/mol. The summed E-state index contributed by atoms with van der Waals surface area (Å²) >= 11 is 0. The van der Waals surface area contributed by atoms with Gasteiger partial charge in [0.15, 0.2) is 6.10 Å². The summed E-state index contributed by atoms with van der Waals surface area (Å²) in [6, 6.07) is 19.6. The van der Waals surface area contributed by atoms with Crippen LogP contribution in [0, 0.1) is 13.8 Å². The van der Waals surface area contributed by atoms with Gasteiger partial charge in [0.2, 0.25) is 0 Å². The molecular formula is C25H26N2O4S. The van der Waals surface area contributed by atoms with Gasteiger partial charge in [0.1, 0.15) is 5.75 Å². The van der Waals surface area contributed by atoms with Crippen LogP contribution in [0.3, 0.4) is 0 Å². The molecule has 7 heteroatoms. The second-order valence-corrected chi connectivity index (χ2v) is 9.86. The van der Waals surface area contributed by atoms with E-state index in [0.29, 0.717) is 24.4 Å². The van der Waals surface area contributed by atoms with Crippen molar-refractivity contribution in [2.45, 2.75) is 38.2 Å². The zero-order valence-electron chi connectivity index (χ0n) is 18.3. The number of anilines is 2. The number of aryl methyl sites for hydroxylation is 2. The number of hydrogen-bond donors (Lipinski definition) is 1. The molecule has 3 aromatic carbocycles. The van der Waals surface area contributed by atoms with Gasteiger partial charge in [-0.3, -0.25) is 9.10 Å². The van der Waals surface area contributed by atoms with Crippen LogP contribution in [0.15, 0.2) is 71.6 Å². The van der Waals surface area contributed by atoms with Gasteiger partial charge in [0.25, 0.3) is 15.9 Å². The van der Waals surface area contributed by atoms with E-state index >= 15 is 0 Å². The molecule has 1 unspecified atom stereocenters. The van der Waals surface area contributed by atoms with Crippen molar-refractivity contribution in [2.75, 3.05) is 16.2 Å². The van der Waals surface area contributed by atoms with Crippen molar-refractivity contribution >= 4 is 27.3 Å². The molecule has 0 fully saturated rings. The second kappa shape index (κ2) is 8.67. The lowest BCUT2D eigenvalue weighted by atomic mass is 10.1. The highest BCUT2D eigenvalue weighted by molar-refractivity contribution is 7.92. The average molecular weight is 451 g/mol. The van der Waals surface area contributed by atoms with Gasteiger partial charge in [-0.15, -0.1) is 0 Å². The molecule has 3 aromatic rings. The maximum atomic E-state index is 13.1. The lowest BCUT2D eigenvalue weighted by Crippen LogP contribution is -2.30. The molecule has 166 valence electrons. The predicted octanol–water partition coefficient (Wildman–Crippen LogP) is 4.46.